The molecule has 126 valence electrons. The zero-order valence-electron chi connectivity index (χ0n) is 12.7. The summed E-state index contributed by atoms with van der Waals surface area (Å²) in [6.07, 6.45) is 0. The van der Waals surface area contributed by atoms with E-state index in [2.05, 4.69) is 0 Å². The van der Waals surface area contributed by atoms with E-state index < -0.39 is 16.1 Å². The quantitative estimate of drug-likeness (QED) is 0.787. The molecule has 1 aliphatic heterocycles. The molecular weight excluding hydrogens is 375 g/mol. The molecule has 3 rings (SSSR count). The van der Waals surface area contributed by atoms with Crippen LogP contribution in [0.1, 0.15) is 0 Å². The van der Waals surface area contributed by atoms with E-state index in [1.807, 2.05) is 0 Å². The fourth-order valence-electron chi connectivity index (χ4n) is 2.41. The first-order chi connectivity index (χ1) is 11.3. The maximum Gasteiger partial charge on any atom is 0.342 e. The minimum Gasteiger partial charge on any atom is -0.497 e. The number of carbonyl (C=O) groups is 1. The van der Waals surface area contributed by atoms with Gasteiger partial charge in [-0.15, -0.1) is 0 Å². The van der Waals surface area contributed by atoms with Gasteiger partial charge in [0.2, 0.25) is 0 Å². The van der Waals surface area contributed by atoms with E-state index in [9.17, 15) is 13.2 Å². The van der Waals surface area contributed by atoms with Crippen LogP contribution in [0, 0.1) is 0 Å². The van der Waals surface area contributed by atoms with Gasteiger partial charge in [0.05, 0.1) is 28.5 Å². The van der Waals surface area contributed by atoms with Crippen molar-refractivity contribution in [3.8, 4) is 5.75 Å². The summed E-state index contributed by atoms with van der Waals surface area (Å²) in [5.74, 6) is 0.451. The van der Waals surface area contributed by atoms with Gasteiger partial charge >= 0.3 is 6.03 Å². The molecular formula is C15H12Cl2N2O4S. The zero-order valence-corrected chi connectivity index (χ0v) is 15.0. The molecule has 6 nitrogen and oxygen atoms in total. The average molecular weight is 387 g/mol. The van der Waals surface area contributed by atoms with Crippen molar-refractivity contribution in [3.05, 3.63) is 46.4 Å². The second-order valence-corrected chi connectivity index (χ2v) is 7.61. The number of rotatable bonds is 2. The highest BCUT2D eigenvalue weighted by Gasteiger charge is 2.41. The lowest BCUT2D eigenvalue weighted by Crippen LogP contribution is -2.49. The first-order valence-electron chi connectivity index (χ1n) is 6.73. The highest BCUT2D eigenvalue weighted by Crippen LogP contribution is 2.39. The largest absolute Gasteiger partial charge is 0.497 e. The van der Waals surface area contributed by atoms with Gasteiger partial charge in [0.25, 0.3) is 10.0 Å². The molecule has 9 heteroatoms. The van der Waals surface area contributed by atoms with E-state index in [0.29, 0.717) is 10.1 Å². The van der Waals surface area contributed by atoms with Crippen molar-refractivity contribution in [1.82, 2.24) is 0 Å². The highest BCUT2D eigenvalue weighted by molar-refractivity contribution is 7.94. The van der Waals surface area contributed by atoms with E-state index in [4.69, 9.17) is 27.9 Å². The number of halogens is 2. The molecule has 1 heterocycles. The first-order valence-corrected chi connectivity index (χ1v) is 8.93. The Morgan fingerprint density at radius 1 is 1.04 bits per heavy atom. The molecule has 0 unspecified atom stereocenters. The normalized spacial score (nSPS) is 16.1. The monoisotopic (exact) mass is 386 g/mol. The predicted octanol–water partition coefficient (Wildman–Crippen LogP) is 3.77. The summed E-state index contributed by atoms with van der Waals surface area (Å²) in [6, 6.07) is 7.88. The molecule has 0 N–H and O–H groups in total. The van der Waals surface area contributed by atoms with E-state index in [1.54, 1.807) is 0 Å². The van der Waals surface area contributed by atoms with Gasteiger partial charge in [0.1, 0.15) is 10.6 Å². The summed E-state index contributed by atoms with van der Waals surface area (Å²) in [5, 5.41) is 0.418. The molecule has 1 aliphatic rings. The van der Waals surface area contributed by atoms with Gasteiger partial charge in [0.15, 0.2) is 0 Å². The van der Waals surface area contributed by atoms with Crippen LogP contribution in [0.5, 0.6) is 5.75 Å². The lowest BCUT2D eigenvalue weighted by atomic mass is 10.2. The number of ether oxygens (including phenoxy) is 1. The molecule has 0 fully saturated rings. The molecule has 2 aromatic carbocycles. The third-order valence-corrected chi connectivity index (χ3v) is 6.13. The van der Waals surface area contributed by atoms with Crippen LogP contribution in [0.2, 0.25) is 10.0 Å². The number of urea groups is 1. The molecule has 0 saturated heterocycles. The van der Waals surface area contributed by atoms with Crippen LogP contribution in [0.3, 0.4) is 0 Å². The number of amides is 2. The molecule has 0 atom stereocenters. The van der Waals surface area contributed by atoms with Crippen LogP contribution >= 0.6 is 23.2 Å². The van der Waals surface area contributed by atoms with Crippen molar-refractivity contribution in [3.63, 3.8) is 0 Å². The molecule has 0 radical (unpaired) electrons. The minimum atomic E-state index is -4.09. The molecule has 0 bridgehead atoms. The Morgan fingerprint density at radius 2 is 1.75 bits per heavy atom. The van der Waals surface area contributed by atoms with Gasteiger partial charge in [-0.1, -0.05) is 23.2 Å². The van der Waals surface area contributed by atoms with Crippen molar-refractivity contribution in [1.29, 1.82) is 0 Å². The maximum atomic E-state index is 12.9. The van der Waals surface area contributed by atoms with E-state index in [0.717, 1.165) is 0 Å². The van der Waals surface area contributed by atoms with Crippen LogP contribution in [0.25, 0.3) is 0 Å². The molecule has 0 aromatic heterocycles. The number of benzene rings is 2. The first kappa shape index (κ1) is 16.9. The van der Waals surface area contributed by atoms with Crippen LogP contribution in [-0.4, -0.2) is 28.6 Å². The Labute approximate surface area is 149 Å². The molecule has 24 heavy (non-hydrogen) atoms. The highest BCUT2D eigenvalue weighted by atomic mass is 35.5. The standard InChI is InChI=1S/C15H12Cl2N2O4S/c1-18-13-8-10(23-2)4-6-14(13)24(21,22)19(15(18)20)9-3-5-11(16)12(17)7-9/h3-8H,1-2H3. The third-order valence-electron chi connectivity index (χ3n) is 3.64. The maximum absolute atomic E-state index is 12.9. The Hall–Kier alpha value is -1.96. The fourth-order valence-corrected chi connectivity index (χ4v) is 4.31. The fraction of sp³-hybridized carbons (Fsp3) is 0.133. The average Bonchev–Trinajstić information content (AvgIpc) is 2.55. The van der Waals surface area contributed by atoms with E-state index >= 15 is 0 Å². The van der Waals surface area contributed by atoms with Crippen molar-refractivity contribution in [2.75, 3.05) is 23.4 Å². The summed E-state index contributed by atoms with van der Waals surface area (Å²) < 4.78 is 31.6. The second kappa shape index (κ2) is 5.84. The summed E-state index contributed by atoms with van der Waals surface area (Å²) in [7, 11) is -1.14. The Kier molecular flexibility index (Phi) is 4.11. The molecule has 2 aromatic rings. The number of fused-ring (bicyclic) bond motifs is 1. The smallest absolute Gasteiger partial charge is 0.342 e. The van der Waals surface area contributed by atoms with Crippen molar-refractivity contribution in [2.45, 2.75) is 4.90 Å². The molecule has 0 saturated carbocycles. The van der Waals surface area contributed by atoms with Gasteiger partial charge in [-0.3, -0.25) is 4.90 Å². The lowest BCUT2D eigenvalue weighted by Gasteiger charge is -2.34. The van der Waals surface area contributed by atoms with Crippen molar-refractivity contribution in [2.24, 2.45) is 0 Å². The molecule has 0 aliphatic carbocycles. The summed E-state index contributed by atoms with van der Waals surface area (Å²) in [4.78, 5) is 13.9. The van der Waals surface area contributed by atoms with Gasteiger partial charge in [-0.25, -0.2) is 13.2 Å². The van der Waals surface area contributed by atoms with Gasteiger partial charge < -0.3 is 4.74 Å². The molecule has 0 spiro atoms. The number of sulfonamides is 1. The van der Waals surface area contributed by atoms with Gasteiger partial charge in [-0.05, 0) is 30.3 Å². The number of methoxy groups -OCH3 is 1. The van der Waals surface area contributed by atoms with E-state index in [1.165, 1.54) is 55.5 Å². The number of hydrogen-bond acceptors (Lipinski definition) is 4. The van der Waals surface area contributed by atoms with Crippen LogP contribution in [0.4, 0.5) is 16.2 Å². The Morgan fingerprint density at radius 3 is 2.38 bits per heavy atom. The van der Waals surface area contributed by atoms with Crippen LogP contribution in [-0.2, 0) is 10.0 Å². The Bertz CT molecular complexity index is 946. The van der Waals surface area contributed by atoms with E-state index in [-0.39, 0.29) is 26.3 Å². The Balaban J connectivity index is 2.22. The SMILES string of the molecule is COc1ccc2c(c1)N(C)C(=O)N(c1ccc(Cl)c(Cl)c1)S2(=O)=O. The summed E-state index contributed by atoms with van der Waals surface area (Å²) in [5.41, 5.74) is 0.360. The number of hydrogen-bond donors (Lipinski definition) is 0. The minimum absolute atomic E-state index is 0.00327. The van der Waals surface area contributed by atoms with Crippen LogP contribution in [0.15, 0.2) is 41.3 Å². The van der Waals surface area contributed by atoms with Crippen LogP contribution < -0.4 is 13.9 Å². The lowest BCUT2D eigenvalue weighted by molar-refractivity contribution is 0.255. The third kappa shape index (κ3) is 2.49. The topological polar surface area (TPSA) is 66.9 Å². The molecule has 2 amide bonds. The second-order valence-electron chi connectivity index (χ2n) is 5.04. The summed E-state index contributed by atoms with van der Waals surface area (Å²) in [6.45, 7) is 0. The zero-order chi connectivity index (χ0) is 17.6. The van der Waals surface area contributed by atoms with Gasteiger partial charge in [0, 0.05) is 13.1 Å². The number of anilines is 2. The van der Waals surface area contributed by atoms with Gasteiger partial charge in [-0.2, -0.15) is 4.31 Å². The summed E-state index contributed by atoms with van der Waals surface area (Å²) >= 11 is 11.8. The predicted molar refractivity (Wildman–Crippen MR) is 92.9 cm³/mol. The number of nitrogens with zero attached hydrogens (tertiary/aromatic N) is 2. The van der Waals surface area contributed by atoms with Crippen molar-refractivity contribution < 1.29 is 17.9 Å². The van der Waals surface area contributed by atoms with Crippen molar-refractivity contribution >= 4 is 50.6 Å². The number of carbonyl (C=O) groups excluding carboxylic acids is 1.